The monoisotopic (exact) mass is 377 g/mol. The standard InChI is InChI=1S/C12H10F3N5O4S/c1-2-24-9(21)6-3-4-8(7(5-6)20(22)23)25-11-18-17-10(19(11)16)12(13,14)15/h3-5H,2,16H2,1H3. The molecule has 2 rings (SSSR count). The highest BCUT2D eigenvalue weighted by Crippen LogP contribution is 2.36. The molecule has 0 amide bonds. The van der Waals surface area contributed by atoms with E-state index in [0.717, 1.165) is 6.07 Å². The zero-order valence-corrected chi connectivity index (χ0v) is 13.3. The molecule has 0 atom stereocenters. The van der Waals surface area contributed by atoms with Crippen molar-refractivity contribution in [2.45, 2.75) is 23.2 Å². The molecule has 13 heteroatoms. The predicted octanol–water partition coefficient (Wildman–Crippen LogP) is 2.25. The maximum atomic E-state index is 12.7. The summed E-state index contributed by atoms with van der Waals surface area (Å²) in [6, 6.07) is 3.40. The largest absolute Gasteiger partial charge is 0.462 e. The van der Waals surface area contributed by atoms with Crippen LogP contribution in [0.2, 0.25) is 0 Å². The summed E-state index contributed by atoms with van der Waals surface area (Å²) in [5.41, 5.74) is -0.574. The smallest absolute Gasteiger partial charge is 0.453 e. The van der Waals surface area contributed by atoms with Gasteiger partial charge in [-0.3, -0.25) is 10.1 Å². The van der Waals surface area contributed by atoms with E-state index in [0.29, 0.717) is 11.8 Å². The fourth-order valence-corrected chi connectivity index (χ4v) is 2.56. The van der Waals surface area contributed by atoms with Crippen LogP contribution in [0.5, 0.6) is 0 Å². The molecule has 134 valence electrons. The van der Waals surface area contributed by atoms with Crippen molar-refractivity contribution in [2.24, 2.45) is 0 Å². The van der Waals surface area contributed by atoms with Crippen molar-refractivity contribution in [3.8, 4) is 0 Å². The molecule has 2 aromatic rings. The SMILES string of the molecule is CCOC(=O)c1ccc(Sc2nnc(C(F)(F)F)n2N)c([N+](=O)[O-])c1. The topological polar surface area (TPSA) is 126 Å². The molecule has 1 aromatic heterocycles. The number of carbonyl (C=O) groups is 1. The third-order valence-corrected chi connectivity index (χ3v) is 3.81. The average Bonchev–Trinajstić information content (AvgIpc) is 2.88. The van der Waals surface area contributed by atoms with Gasteiger partial charge in [0.05, 0.1) is 22.0 Å². The van der Waals surface area contributed by atoms with Crippen molar-refractivity contribution >= 4 is 23.4 Å². The number of benzene rings is 1. The van der Waals surface area contributed by atoms with Crippen molar-refractivity contribution in [3.05, 3.63) is 39.7 Å². The molecule has 1 heterocycles. The number of nitrogens with zero attached hydrogens (tertiary/aromatic N) is 4. The number of hydrogen-bond donors (Lipinski definition) is 1. The Morgan fingerprint density at radius 2 is 2.12 bits per heavy atom. The number of hydrogen-bond acceptors (Lipinski definition) is 8. The van der Waals surface area contributed by atoms with Gasteiger partial charge in [-0.15, -0.1) is 10.2 Å². The third kappa shape index (κ3) is 3.99. The zero-order chi connectivity index (χ0) is 18.8. The van der Waals surface area contributed by atoms with E-state index < -0.39 is 33.7 Å². The van der Waals surface area contributed by atoms with Gasteiger partial charge in [0.15, 0.2) is 0 Å². The second-order valence-electron chi connectivity index (χ2n) is 4.44. The molecule has 1 aromatic carbocycles. The number of aromatic nitrogens is 3. The van der Waals surface area contributed by atoms with Gasteiger partial charge in [-0.2, -0.15) is 13.2 Å². The molecule has 0 aliphatic rings. The van der Waals surface area contributed by atoms with E-state index in [1.807, 2.05) is 0 Å². The highest BCUT2D eigenvalue weighted by molar-refractivity contribution is 7.99. The maximum Gasteiger partial charge on any atom is 0.453 e. The third-order valence-electron chi connectivity index (χ3n) is 2.79. The Morgan fingerprint density at radius 3 is 2.64 bits per heavy atom. The highest BCUT2D eigenvalue weighted by atomic mass is 32.2. The summed E-state index contributed by atoms with van der Waals surface area (Å²) in [6.45, 7) is 1.66. The van der Waals surface area contributed by atoms with Gasteiger partial charge in [0.1, 0.15) is 0 Å². The quantitative estimate of drug-likeness (QED) is 0.364. The summed E-state index contributed by atoms with van der Waals surface area (Å²) >= 11 is 0.510. The van der Waals surface area contributed by atoms with E-state index in [2.05, 4.69) is 10.2 Å². The molecule has 9 nitrogen and oxygen atoms in total. The van der Waals surface area contributed by atoms with Crippen LogP contribution in [0.1, 0.15) is 23.1 Å². The fourth-order valence-electron chi connectivity index (χ4n) is 1.73. The van der Waals surface area contributed by atoms with Gasteiger partial charge in [-0.25, -0.2) is 9.47 Å². The van der Waals surface area contributed by atoms with Crippen LogP contribution in [0.4, 0.5) is 18.9 Å². The van der Waals surface area contributed by atoms with E-state index >= 15 is 0 Å². The van der Waals surface area contributed by atoms with E-state index in [4.69, 9.17) is 10.6 Å². The molecular formula is C12H10F3N5O4S. The molecule has 0 radical (unpaired) electrons. The summed E-state index contributed by atoms with van der Waals surface area (Å²) in [4.78, 5) is 22.0. The Labute approximate surface area is 142 Å². The number of rotatable bonds is 5. The van der Waals surface area contributed by atoms with Gasteiger partial charge in [-0.05, 0) is 30.8 Å². The van der Waals surface area contributed by atoms with E-state index in [1.54, 1.807) is 6.92 Å². The first-order valence-corrected chi connectivity index (χ1v) is 7.38. The molecule has 0 saturated heterocycles. The van der Waals surface area contributed by atoms with E-state index in [1.165, 1.54) is 12.1 Å². The Hall–Kier alpha value is -2.83. The summed E-state index contributed by atoms with van der Waals surface area (Å²) in [5, 5.41) is 17.0. The molecule has 0 aliphatic carbocycles. The molecule has 0 fully saturated rings. The molecule has 0 unspecified atom stereocenters. The lowest BCUT2D eigenvalue weighted by molar-refractivity contribution is -0.387. The van der Waals surface area contributed by atoms with Crippen molar-refractivity contribution in [3.63, 3.8) is 0 Å². The second-order valence-corrected chi connectivity index (χ2v) is 5.45. The lowest BCUT2D eigenvalue weighted by atomic mass is 10.2. The van der Waals surface area contributed by atoms with Crippen LogP contribution < -0.4 is 5.84 Å². The van der Waals surface area contributed by atoms with Crippen LogP contribution in [0.3, 0.4) is 0 Å². The highest BCUT2D eigenvalue weighted by Gasteiger charge is 2.38. The normalized spacial score (nSPS) is 11.4. The first-order valence-electron chi connectivity index (χ1n) is 6.56. The number of ether oxygens (including phenoxy) is 1. The first-order chi connectivity index (χ1) is 11.6. The minimum absolute atomic E-state index is 0.0640. The minimum Gasteiger partial charge on any atom is -0.462 e. The molecule has 0 bridgehead atoms. The number of alkyl halides is 3. The van der Waals surface area contributed by atoms with Gasteiger partial charge < -0.3 is 10.6 Å². The number of halogens is 3. The van der Waals surface area contributed by atoms with Crippen LogP contribution >= 0.6 is 11.8 Å². The molecule has 0 spiro atoms. The number of nitrogens with two attached hydrogens (primary N) is 1. The number of carbonyl (C=O) groups excluding carboxylic acids is 1. The lowest BCUT2D eigenvalue weighted by Gasteiger charge is -2.07. The molecule has 25 heavy (non-hydrogen) atoms. The Kier molecular flexibility index (Phi) is 5.15. The Morgan fingerprint density at radius 1 is 1.44 bits per heavy atom. The lowest BCUT2D eigenvalue weighted by Crippen LogP contribution is -2.21. The Balaban J connectivity index is 2.39. The van der Waals surface area contributed by atoms with Gasteiger partial charge in [0, 0.05) is 6.07 Å². The van der Waals surface area contributed by atoms with E-state index in [-0.39, 0.29) is 21.7 Å². The maximum absolute atomic E-state index is 12.7. The van der Waals surface area contributed by atoms with Gasteiger partial charge in [0.2, 0.25) is 5.16 Å². The Bertz CT molecular complexity index is 824. The second kappa shape index (κ2) is 6.96. The average molecular weight is 377 g/mol. The van der Waals surface area contributed by atoms with Gasteiger partial charge >= 0.3 is 12.1 Å². The summed E-state index contributed by atoms with van der Waals surface area (Å²) in [5.74, 6) is 3.08. The minimum atomic E-state index is -4.82. The summed E-state index contributed by atoms with van der Waals surface area (Å²) < 4.78 is 42.9. The molecule has 2 N–H and O–H groups in total. The van der Waals surface area contributed by atoms with Crippen LogP contribution in [-0.4, -0.2) is 32.4 Å². The predicted molar refractivity (Wildman–Crippen MR) is 78.4 cm³/mol. The zero-order valence-electron chi connectivity index (χ0n) is 12.5. The van der Waals surface area contributed by atoms with Gasteiger partial charge in [0.25, 0.3) is 11.5 Å². The van der Waals surface area contributed by atoms with Crippen molar-refractivity contribution < 1.29 is 27.6 Å². The molecule has 0 aliphatic heterocycles. The number of nitro groups is 1. The fraction of sp³-hybridized carbons (Fsp3) is 0.250. The van der Waals surface area contributed by atoms with Crippen molar-refractivity contribution in [1.82, 2.24) is 14.9 Å². The van der Waals surface area contributed by atoms with Gasteiger partial charge in [-0.1, -0.05) is 0 Å². The first kappa shape index (κ1) is 18.5. The van der Waals surface area contributed by atoms with Crippen LogP contribution in [0, 0.1) is 10.1 Å². The van der Waals surface area contributed by atoms with Crippen molar-refractivity contribution in [1.29, 1.82) is 0 Å². The van der Waals surface area contributed by atoms with Crippen LogP contribution in [-0.2, 0) is 10.9 Å². The summed E-state index contributed by atoms with van der Waals surface area (Å²) in [7, 11) is 0. The summed E-state index contributed by atoms with van der Waals surface area (Å²) in [6.07, 6.45) is -4.82. The van der Waals surface area contributed by atoms with Crippen LogP contribution in [0.15, 0.2) is 28.3 Å². The van der Waals surface area contributed by atoms with E-state index in [9.17, 15) is 28.1 Å². The molecular weight excluding hydrogens is 367 g/mol. The number of nitro benzene ring substituents is 1. The number of esters is 1. The molecule has 0 saturated carbocycles. The van der Waals surface area contributed by atoms with Crippen molar-refractivity contribution in [2.75, 3.05) is 12.4 Å². The van der Waals surface area contributed by atoms with Crippen LogP contribution in [0.25, 0.3) is 0 Å². The number of nitrogen functional groups attached to an aromatic ring is 1.